The molecular formula is C18H12F6N2O3. The van der Waals surface area contributed by atoms with Crippen LogP contribution in [0.2, 0.25) is 0 Å². The molecule has 3 aromatic rings. The molecule has 1 heterocycles. The number of para-hydroxylation sites is 2. The van der Waals surface area contributed by atoms with Crippen molar-refractivity contribution >= 4 is 22.7 Å². The standard InChI is InChI=1S/C18H12F6N2O3/c19-17(20,21)10-7-11(18(22,23)24)9-12(8-10)25-15(27)5-6-26-13-3-1-2-4-14(13)29-16(26)28/h1-4,7-9H,5-6H2,(H,25,27). The van der Waals surface area contributed by atoms with Crippen molar-refractivity contribution in [2.45, 2.75) is 25.3 Å². The minimum Gasteiger partial charge on any atom is -0.408 e. The molecule has 0 fully saturated rings. The highest BCUT2D eigenvalue weighted by molar-refractivity contribution is 5.91. The van der Waals surface area contributed by atoms with Crippen molar-refractivity contribution in [1.82, 2.24) is 4.57 Å². The number of anilines is 1. The van der Waals surface area contributed by atoms with Crippen LogP contribution in [-0.4, -0.2) is 10.5 Å². The number of fused-ring (bicyclic) bond motifs is 1. The fourth-order valence-electron chi connectivity index (χ4n) is 2.69. The number of rotatable bonds is 4. The molecule has 11 heteroatoms. The highest BCUT2D eigenvalue weighted by atomic mass is 19.4. The van der Waals surface area contributed by atoms with Crippen LogP contribution in [0.5, 0.6) is 0 Å². The van der Waals surface area contributed by atoms with Gasteiger partial charge in [-0.15, -0.1) is 0 Å². The average molecular weight is 418 g/mol. The summed E-state index contributed by atoms with van der Waals surface area (Å²) in [5, 5.41) is 2.01. The normalized spacial score (nSPS) is 12.3. The fraction of sp³-hybridized carbons (Fsp3) is 0.222. The molecule has 1 aromatic heterocycles. The van der Waals surface area contributed by atoms with E-state index in [-0.39, 0.29) is 24.6 Å². The third-order valence-electron chi connectivity index (χ3n) is 4.01. The van der Waals surface area contributed by atoms with Crippen molar-refractivity contribution < 1.29 is 35.6 Å². The number of amides is 1. The number of alkyl halides is 6. The molecule has 0 aliphatic heterocycles. The van der Waals surface area contributed by atoms with Gasteiger partial charge in [0.1, 0.15) is 0 Å². The molecule has 0 unspecified atom stereocenters. The molecule has 0 aliphatic carbocycles. The van der Waals surface area contributed by atoms with Gasteiger partial charge < -0.3 is 9.73 Å². The molecule has 0 bridgehead atoms. The van der Waals surface area contributed by atoms with Crippen LogP contribution in [0.15, 0.2) is 51.7 Å². The maximum atomic E-state index is 12.9. The summed E-state index contributed by atoms with van der Waals surface area (Å²) in [5.74, 6) is -1.60. The predicted octanol–water partition coefficient (Wildman–Crippen LogP) is 4.66. The SMILES string of the molecule is O=C(CCn1c(=O)oc2ccccc21)Nc1cc(C(F)(F)F)cc(C(F)(F)F)c1. The summed E-state index contributed by atoms with van der Waals surface area (Å²) in [7, 11) is 0. The Morgan fingerprint density at radius 1 is 0.966 bits per heavy atom. The quantitative estimate of drug-likeness (QED) is 0.627. The predicted molar refractivity (Wildman–Crippen MR) is 90.2 cm³/mol. The zero-order valence-corrected chi connectivity index (χ0v) is 14.4. The lowest BCUT2D eigenvalue weighted by atomic mass is 10.1. The van der Waals surface area contributed by atoms with Crippen molar-refractivity contribution in [3.8, 4) is 0 Å². The minimum absolute atomic E-state index is 0.0349. The lowest BCUT2D eigenvalue weighted by molar-refractivity contribution is -0.143. The summed E-state index contributed by atoms with van der Waals surface area (Å²) >= 11 is 0. The number of nitrogens with zero attached hydrogens (tertiary/aromatic N) is 1. The third-order valence-corrected chi connectivity index (χ3v) is 4.01. The van der Waals surface area contributed by atoms with Crippen LogP contribution >= 0.6 is 0 Å². The van der Waals surface area contributed by atoms with E-state index in [2.05, 4.69) is 0 Å². The van der Waals surface area contributed by atoms with Gasteiger partial charge in [-0.3, -0.25) is 9.36 Å². The van der Waals surface area contributed by atoms with Gasteiger partial charge in [-0.2, -0.15) is 26.3 Å². The Morgan fingerprint density at radius 3 is 2.14 bits per heavy atom. The number of benzene rings is 2. The number of carbonyl (C=O) groups excluding carboxylic acids is 1. The molecule has 0 spiro atoms. The maximum Gasteiger partial charge on any atom is 0.419 e. The topological polar surface area (TPSA) is 64.2 Å². The Morgan fingerprint density at radius 2 is 1.55 bits per heavy atom. The zero-order valence-electron chi connectivity index (χ0n) is 14.4. The third kappa shape index (κ3) is 4.61. The van der Waals surface area contributed by atoms with E-state index in [0.717, 1.165) is 4.57 Å². The van der Waals surface area contributed by atoms with Gasteiger partial charge in [-0.25, -0.2) is 4.79 Å². The van der Waals surface area contributed by atoms with Gasteiger partial charge in [0.2, 0.25) is 5.91 Å². The first-order chi connectivity index (χ1) is 13.4. The van der Waals surface area contributed by atoms with Gasteiger partial charge >= 0.3 is 18.1 Å². The van der Waals surface area contributed by atoms with Crippen LogP contribution in [0.3, 0.4) is 0 Å². The van der Waals surface area contributed by atoms with Gasteiger partial charge in [-0.05, 0) is 30.3 Å². The molecule has 0 saturated heterocycles. The number of hydrogen-bond acceptors (Lipinski definition) is 3. The Balaban J connectivity index is 1.79. The number of oxazole rings is 1. The monoisotopic (exact) mass is 418 g/mol. The summed E-state index contributed by atoms with van der Waals surface area (Å²) in [6.45, 7) is -0.174. The van der Waals surface area contributed by atoms with Crippen LogP contribution in [-0.2, 0) is 23.7 Å². The van der Waals surface area contributed by atoms with Crippen molar-refractivity contribution in [1.29, 1.82) is 0 Å². The van der Waals surface area contributed by atoms with E-state index in [1.165, 1.54) is 6.07 Å². The molecule has 0 saturated carbocycles. The molecule has 154 valence electrons. The maximum absolute atomic E-state index is 12.9. The van der Waals surface area contributed by atoms with Gasteiger partial charge in [0.15, 0.2) is 5.58 Å². The smallest absolute Gasteiger partial charge is 0.408 e. The van der Waals surface area contributed by atoms with Crippen molar-refractivity contribution in [3.63, 3.8) is 0 Å². The van der Waals surface area contributed by atoms with E-state index in [1.807, 2.05) is 5.32 Å². The second-order valence-electron chi connectivity index (χ2n) is 6.08. The molecule has 3 rings (SSSR count). The lowest BCUT2D eigenvalue weighted by Crippen LogP contribution is -2.20. The molecule has 0 radical (unpaired) electrons. The fourth-order valence-corrected chi connectivity index (χ4v) is 2.69. The van der Waals surface area contributed by atoms with Crippen LogP contribution in [0.4, 0.5) is 32.0 Å². The summed E-state index contributed by atoms with van der Waals surface area (Å²) in [5.41, 5.74) is -3.05. The van der Waals surface area contributed by atoms with E-state index in [0.29, 0.717) is 17.6 Å². The van der Waals surface area contributed by atoms with Crippen LogP contribution in [0.1, 0.15) is 17.5 Å². The van der Waals surface area contributed by atoms with Gasteiger partial charge in [-0.1, -0.05) is 12.1 Å². The number of hydrogen-bond donors (Lipinski definition) is 1. The van der Waals surface area contributed by atoms with Gasteiger partial charge in [0.25, 0.3) is 0 Å². The molecule has 5 nitrogen and oxygen atoms in total. The van der Waals surface area contributed by atoms with Crippen molar-refractivity contribution in [2.75, 3.05) is 5.32 Å². The highest BCUT2D eigenvalue weighted by Crippen LogP contribution is 2.37. The Kier molecular flexibility index (Phi) is 5.16. The second-order valence-corrected chi connectivity index (χ2v) is 6.08. The first kappa shape index (κ1) is 20.5. The van der Waals surface area contributed by atoms with E-state index >= 15 is 0 Å². The van der Waals surface area contributed by atoms with Crippen LogP contribution < -0.4 is 11.1 Å². The largest absolute Gasteiger partial charge is 0.419 e. The van der Waals surface area contributed by atoms with Crippen molar-refractivity contribution in [3.05, 3.63) is 64.1 Å². The number of aromatic nitrogens is 1. The first-order valence-corrected chi connectivity index (χ1v) is 8.13. The molecule has 1 N–H and O–H groups in total. The molecule has 29 heavy (non-hydrogen) atoms. The number of nitrogens with one attached hydrogen (secondary N) is 1. The summed E-state index contributed by atoms with van der Waals surface area (Å²) in [6, 6.07) is 7.16. The van der Waals surface area contributed by atoms with Crippen molar-refractivity contribution in [2.24, 2.45) is 0 Å². The Hall–Kier alpha value is -3.24. The Bertz CT molecular complexity index is 1080. The van der Waals surface area contributed by atoms with Gasteiger partial charge in [0.05, 0.1) is 16.6 Å². The van der Waals surface area contributed by atoms with E-state index in [4.69, 9.17) is 4.42 Å². The number of aryl methyl sites for hydroxylation is 1. The van der Waals surface area contributed by atoms with E-state index < -0.39 is 40.8 Å². The molecule has 1 amide bonds. The second kappa shape index (κ2) is 7.30. The molecular weight excluding hydrogens is 406 g/mol. The highest BCUT2D eigenvalue weighted by Gasteiger charge is 2.37. The Labute approximate surface area is 158 Å². The first-order valence-electron chi connectivity index (χ1n) is 8.13. The number of halogens is 6. The summed E-state index contributed by atoms with van der Waals surface area (Å²) in [4.78, 5) is 23.9. The molecule has 2 aromatic carbocycles. The average Bonchev–Trinajstić information content (AvgIpc) is 2.93. The van der Waals surface area contributed by atoms with E-state index in [1.54, 1.807) is 18.2 Å². The summed E-state index contributed by atoms with van der Waals surface area (Å²) < 4.78 is 83.4. The van der Waals surface area contributed by atoms with E-state index in [9.17, 15) is 35.9 Å². The number of carbonyl (C=O) groups is 1. The minimum atomic E-state index is -5.02. The van der Waals surface area contributed by atoms with Crippen LogP contribution in [0.25, 0.3) is 11.1 Å². The molecule has 0 aliphatic rings. The molecule has 0 atom stereocenters. The summed E-state index contributed by atoms with van der Waals surface area (Å²) in [6.07, 6.45) is -10.4. The zero-order chi connectivity index (χ0) is 21.4. The van der Waals surface area contributed by atoms with Gasteiger partial charge in [0, 0.05) is 18.7 Å². The van der Waals surface area contributed by atoms with Crippen LogP contribution in [0, 0.1) is 0 Å². The lowest BCUT2D eigenvalue weighted by Gasteiger charge is -2.14.